The zero-order chi connectivity index (χ0) is 15.8. The maximum Gasteiger partial charge on any atom is 0.413 e. The average Bonchev–Trinajstić information content (AvgIpc) is 2.47. The van der Waals surface area contributed by atoms with Gasteiger partial charge < -0.3 is 14.2 Å². The van der Waals surface area contributed by atoms with Crippen molar-refractivity contribution in [1.29, 1.82) is 0 Å². The Hall–Kier alpha value is -2.41. The molecule has 2 amide bonds. The highest BCUT2D eigenvalue weighted by Crippen LogP contribution is 2.09. The summed E-state index contributed by atoms with van der Waals surface area (Å²) >= 11 is 0. The monoisotopic (exact) mass is 295 g/mol. The minimum absolute atomic E-state index is 0.294. The van der Waals surface area contributed by atoms with Crippen LogP contribution in [0.3, 0.4) is 0 Å². The molecule has 1 aromatic carbocycles. The molecule has 0 radical (unpaired) electrons. The number of imide groups is 1. The van der Waals surface area contributed by atoms with Crippen molar-refractivity contribution in [3.05, 3.63) is 35.4 Å². The van der Waals surface area contributed by atoms with Gasteiger partial charge in [-0.25, -0.2) is 9.59 Å². The number of amides is 2. The van der Waals surface area contributed by atoms with Crippen LogP contribution in [0.25, 0.3) is 0 Å². The zero-order valence-corrected chi connectivity index (χ0v) is 12.0. The van der Waals surface area contributed by atoms with Gasteiger partial charge in [-0.05, 0) is 24.6 Å². The van der Waals surface area contributed by atoms with E-state index < -0.39 is 24.1 Å². The summed E-state index contributed by atoms with van der Waals surface area (Å²) in [5.41, 5.74) is 1.10. The van der Waals surface area contributed by atoms with Crippen molar-refractivity contribution in [2.75, 3.05) is 14.2 Å². The largest absolute Gasteiger partial charge is 0.453 e. The van der Waals surface area contributed by atoms with Crippen LogP contribution in [0.15, 0.2) is 24.3 Å². The number of esters is 1. The summed E-state index contributed by atoms with van der Waals surface area (Å²) in [5.74, 6) is -1.43. The molecule has 114 valence electrons. The van der Waals surface area contributed by atoms with Crippen molar-refractivity contribution in [2.45, 2.75) is 19.6 Å². The second-order valence-corrected chi connectivity index (χ2v) is 4.16. The molecule has 0 aliphatic rings. The number of alkyl carbamates (subject to hydrolysis) is 1. The third-order valence-corrected chi connectivity index (χ3v) is 2.54. The van der Waals surface area contributed by atoms with Crippen LogP contribution in [-0.4, -0.2) is 38.3 Å². The van der Waals surface area contributed by atoms with Crippen LogP contribution in [0.1, 0.15) is 22.8 Å². The Morgan fingerprint density at radius 3 is 2.57 bits per heavy atom. The molecule has 1 atom stereocenters. The van der Waals surface area contributed by atoms with E-state index >= 15 is 0 Å². The number of nitrogens with one attached hydrogen (secondary N) is 1. The molecule has 0 bridgehead atoms. The van der Waals surface area contributed by atoms with Gasteiger partial charge >= 0.3 is 12.1 Å². The lowest BCUT2D eigenvalue weighted by atomic mass is 10.1. The van der Waals surface area contributed by atoms with Gasteiger partial charge in [-0.2, -0.15) is 0 Å². The molecule has 0 fully saturated rings. The summed E-state index contributed by atoms with van der Waals surface area (Å²) in [4.78, 5) is 34.3. The fraction of sp³-hybridized carbons (Fsp3) is 0.357. The Labute approximate surface area is 122 Å². The molecule has 1 N–H and O–H groups in total. The summed E-state index contributed by atoms with van der Waals surface area (Å²) in [7, 11) is 2.67. The molecule has 0 aliphatic carbocycles. The third kappa shape index (κ3) is 5.23. The zero-order valence-electron chi connectivity index (χ0n) is 12.0. The highest BCUT2D eigenvalue weighted by Gasteiger charge is 2.21. The molecule has 0 aliphatic heterocycles. The number of ether oxygens (including phenoxy) is 3. The third-order valence-electron chi connectivity index (χ3n) is 2.54. The van der Waals surface area contributed by atoms with Crippen molar-refractivity contribution in [2.24, 2.45) is 0 Å². The molecule has 7 nitrogen and oxygen atoms in total. The maximum absolute atomic E-state index is 11.9. The quantitative estimate of drug-likeness (QED) is 0.822. The molecule has 0 spiro atoms. The fourth-order valence-electron chi connectivity index (χ4n) is 1.49. The molecule has 0 saturated carbocycles. The van der Waals surface area contributed by atoms with Crippen LogP contribution in [0.4, 0.5) is 4.79 Å². The molecule has 1 rings (SSSR count). The summed E-state index contributed by atoms with van der Waals surface area (Å²) in [5, 5.41) is 1.92. The van der Waals surface area contributed by atoms with E-state index in [-0.39, 0.29) is 0 Å². The maximum atomic E-state index is 11.9. The summed E-state index contributed by atoms with van der Waals surface area (Å²) < 4.78 is 14.2. The number of hydrogen-bond donors (Lipinski definition) is 1. The number of hydrogen-bond acceptors (Lipinski definition) is 6. The smallest absolute Gasteiger partial charge is 0.413 e. The van der Waals surface area contributed by atoms with E-state index in [1.54, 1.807) is 31.4 Å². The molecular formula is C14H17NO6. The topological polar surface area (TPSA) is 90.9 Å². The van der Waals surface area contributed by atoms with Gasteiger partial charge in [0.25, 0.3) is 5.91 Å². The summed E-state index contributed by atoms with van der Waals surface area (Å²) in [6, 6.07) is 6.65. The van der Waals surface area contributed by atoms with Crippen LogP contribution >= 0.6 is 0 Å². The molecule has 0 heterocycles. The SMILES string of the molecule is COCc1cccc(C(=O)O[C@@H](C)C(=O)NC(=O)OC)c1. The standard InChI is InChI=1S/C14H17NO6/c1-9(12(16)15-14(18)20-3)21-13(17)11-6-4-5-10(7-11)8-19-2/h4-7,9H,8H2,1-3H3,(H,15,16,18)/t9-/m0/s1. The Morgan fingerprint density at radius 2 is 1.95 bits per heavy atom. The predicted octanol–water partition coefficient (Wildman–Crippen LogP) is 1.26. The highest BCUT2D eigenvalue weighted by molar-refractivity contribution is 5.97. The number of carbonyl (C=O) groups is 3. The number of rotatable bonds is 5. The van der Waals surface area contributed by atoms with Gasteiger partial charge in [0, 0.05) is 7.11 Å². The minimum Gasteiger partial charge on any atom is -0.453 e. The average molecular weight is 295 g/mol. The van der Waals surface area contributed by atoms with Crippen molar-refractivity contribution < 1.29 is 28.6 Å². The Morgan fingerprint density at radius 1 is 1.24 bits per heavy atom. The van der Waals surface area contributed by atoms with Gasteiger partial charge in [0.15, 0.2) is 6.10 Å². The van der Waals surface area contributed by atoms with Crippen molar-refractivity contribution in [3.8, 4) is 0 Å². The number of methoxy groups -OCH3 is 2. The van der Waals surface area contributed by atoms with Crippen LogP contribution in [0.2, 0.25) is 0 Å². The Kier molecular flexibility index (Phi) is 6.35. The fourth-order valence-corrected chi connectivity index (χ4v) is 1.49. The first-order valence-electron chi connectivity index (χ1n) is 6.15. The van der Waals surface area contributed by atoms with Crippen LogP contribution in [0.5, 0.6) is 0 Å². The number of carbonyl (C=O) groups excluding carboxylic acids is 3. The van der Waals surface area contributed by atoms with E-state index in [9.17, 15) is 14.4 Å². The lowest BCUT2D eigenvalue weighted by Gasteiger charge is -2.12. The molecule has 0 saturated heterocycles. The first-order valence-corrected chi connectivity index (χ1v) is 6.15. The lowest BCUT2D eigenvalue weighted by molar-refractivity contribution is -0.128. The predicted molar refractivity (Wildman–Crippen MR) is 72.6 cm³/mol. The minimum atomic E-state index is -1.12. The normalized spacial score (nSPS) is 11.4. The first-order chi connectivity index (χ1) is 9.97. The first kappa shape index (κ1) is 16.6. The van der Waals surface area contributed by atoms with Crippen LogP contribution in [0, 0.1) is 0 Å². The van der Waals surface area contributed by atoms with E-state index in [1.807, 2.05) is 5.32 Å². The van der Waals surface area contributed by atoms with Crippen LogP contribution < -0.4 is 5.32 Å². The van der Waals surface area contributed by atoms with Gasteiger partial charge in [-0.1, -0.05) is 12.1 Å². The van der Waals surface area contributed by atoms with Crippen molar-refractivity contribution >= 4 is 18.0 Å². The summed E-state index contributed by atoms with van der Waals surface area (Å²) in [6.45, 7) is 1.72. The Bertz CT molecular complexity index is 528. The van der Waals surface area contributed by atoms with E-state index in [2.05, 4.69) is 4.74 Å². The second kappa shape index (κ2) is 8.01. The molecule has 0 aromatic heterocycles. The van der Waals surface area contributed by atoms with E-state index in [1.165, 1.54) is 6.92 Å². The molecule has 7 heteroatoms. The summed E-state index contributed by atoms with van der Waals surface area (Å²) in [6.07, 6.45) is -2.03. The molecule has 1 aromatic rings. The van der Waals surface area contributed by atoms with Gasteiger partial charge in [0.05, 0.1) is 19.3 Å². The lowest BCUT2D eigenvalue weighted by Crippen LogP contribution is -2.39. The molecule has 0 unspecified atom stereocenters. The van der Waals surface area contributed by atoms with E-state index in [0.29, 0.717) is 12.2 Å². The van der Waals surface area contributed by atoms with E-state index in [4.69, 9.17) is 9.47 Å². The number of benzene rings is 1. The van der Waals surface area contributed by atoms with Gasteiger partial charge in [0.1, 0.15) is 0 Å². The second-order valence-electron chi connectivity index (χ2n) is 4.16. The Balaban J connectivity index is 2.65. The van der Waals surface area contributed by atoms with Gasteiger partial charge in [-0.15, -0.1) is 0 Å². The van der Waals surface area contributed by atoms with Gasteiger partial charge in [-0.3, -0.25) is 10.1 Å². The van der Waals surface area contributed by atoms with Crippen molar-refractivity contribution in [3.63, 3.8) is 0 Å². The highest BCUT2D eigenvalue weighted by atomic mass is 16.6. The molecule has 21 heavy (non-hydrogen) atoms. The van der Waals surface area contributed by atoms with E-state index in [0.717, 1.165) is 12.7 Å². The van der Waals surface area contributed by atoms with Crippen LogP contribution in [-0.2, 0) is 25.6 Å². The van der Waals surface area contributed by atoms with Crippen molar-refractivity contribution in [1.82, 2.24) is 5.32 Å². The van der Waals surface area contributed by atoms with Gasteiger partial charge in [0.2, 0.25) is 0 Å². The molecular weight excluding hydrogens is 278 g/mol.